The number of nitrogens with zero attached hydrogens (tertiary/aromatic N) is 2. The Morgan fingerprint density at radius 2 is 1.75 bits per heavy atom. The molecule has 4 heteroatoms. The van der Waals surface area contributed by atoms with Crippen molar-refractivity contribution in [3.8, 4) is 0 Å². The number of rotatable bonds is 6. The van der Waals surface area contributed by atoms with Crippen molar-refractivity contribution in [1.29, 1.82) is 0 Å². The van der Waals surface area contributed by atoms with Gasteiger partial charge in [0.05, 0.1) is 19.1 Å². The Morgan fingerprint density at radius 1 is 1.08 bits per heavy atom. The van der Waals surface area contributed by atoms with E-state index >= 15 is 0 Å². The molecule has 1 atom stereocenters. The Hall–Kier alpha value is -2.17. The lowest BCUT2D eigenvalue weighted by Crippen LogP contribution is -2.42. The quantitative estimate of drug-likeness (QED) is 0.888. The number of aliphatic hydroxyl groups excluding tert-OH is 1. The van der Waals surface area contributed by atoms with Crippen molar-refractivity contribution in [3.63, 3.8) is 0 Å². The third-order valence-corrected chi connectivity index (χ3v) is 4.49. The summed E-state index contributed by atoms with van der Waals surface area (Å²) in [6.07, 6.45) is 1.13. The van der Waals surface area contributed by atoms with E-state index in [-0.39, 0.29) is 25.0 Å². The first-order valence-electron chi connectivity index (χ1n) is 8.52. The van der Waals surface area contributed by atoms with Crippen molar-refractivity contribution in [2.24, 2.45) is 0 Å². The molecule has 0 radical (unpaired) electrons. The molecule has 1 fully saturated rings. The van der Waals surface area contributed by atoms with Crippen LogP contribution in [0.3, 0.4) is 0 Å². The number of anilines is 1. The van der Waals surface area contributed by atoms with Crippen LogP contribution in [-0.2, 0) is 11.3 Å². The van der Waals surface area contributed by atoms with Crippen LogP contribution in [0.2, 0.25) is 0 Å². The molecule has 0 aromatic heterocycles. The van der Waals surface area contributed by atoms with Crippen LogP contribution in [0.5, 0.6) is 0 Å². The van der Waals surface area contributed by atoms with Gasteiger partial charge in [-0.15, -0.1) is 0 Å². The molecule has 1 saturated heterocycles. The zero-order chi connectivity index (χ0) is 16.8. The monoisotopic (exact) mass is 324 g/mol. The number of aliphatic hydroxyl groups is 1. The summed E-state index contributed by atoms with van der Waals surface area (Å²) in [6.45, 7) is 2.65. The summed E-state index contributed by atoms with van der Waals surface area (Å²) >= 11 is 0. The molecule has 2 aromatic carbocycles. The fourth-order valence-electron chi connectivity index (χ4n) is 3.37. The summed E-state index contributed by atoms with van der Waals surface area (Å²) in [4.78, 5) is 16.8. The second kappa shape index (κ2) is 8.08. The minimum atomic E-state index is -0.109. The number of carbonyl (C=O) groups excluding carboxylic acids is 1. The summed E-state index contributed by atoms with van der Waals surface area (Å²) < 4.78 is 0. The van der Waals surface area contributed by atoms with E-state index in [1.807, 2.05) is 41.3 Å². The number of likely N-dealkylation sites (tertiary alicyclic amines) is 1. The van der Waals surface area contributed by atoms with Crippen LogP contribution in [0.15, 0.2) is 60.7 Å². The number of carbonyl (C=O) groups is 1. The van der Waals surface area contributed by atoms with E-state index in [4.69, 9.17) is 5.11 Å². The van der Waals surface area contributed by atoms with Gasteiger partial charge in [0.1, 0.15) is 0 Å². The first-order valence-corrected chi connectivity index (χ1v) is 8.52. The molecular formula is C20H24N2O2. The SMILES string of the molecule is O=C(CCO)N(c1ccccc1)C1CCN(Cc2ccccc2)C1. The zero-order valence-electron chi connectivity index (χ0n) is 13.8. The third-order valence-electron chi connectivity index (χ3n) is 4.49. The standard InChI is InChI=1S/C20H24N2O2/c23-14-12-20(24)22(18-9-5-2-6-10-18)19-11-13-21(16-19)15-17-7-3-1-4-8-17/h1-10,19,23H,11-16H2. The fraction of sp³-hybridized carbons (Fsp3) is 0.350. The Labute approximate surface area is 143 Å². The van der Waals surface area contributed by atoms with Gasteiger partial charge in [-0.3, -0.25) is 9.69 Å². The first kappa shape index (κ1) is 16.7. The molecule has 1 unspecified atom stereocenters. The van der Waals surface area contributed by atoms with Gasteiger partial charge in [0.25, 0.3) is 0 Å². The molecule has 0 spiro atoms. The van der Waals surface area contributed by atoms with Crippen LogP contribution in [0, 0.1) is 0 Å². The molecule has 1 aliphatic heterocycles. The highest BCUT2D eigenvalue weighted by molar-refractivity contribution is 5.94. The van der Waals surface area contributed by atoms with Gasteiger partial charge in [-0.2, -0.15) is 0 Å². The van der Waals surface area contributed by atoms with Crippen molar-refractivity contribution >= 4 is 11.6 Å². The maximum Gasteiger partial charge on any atom is 0.229 e. The smallest absolute Gasteiger partial charge is 0.229 e. The Bertz CT molecular complexity index is 645. The fourth-order valence-corrected chi connectivity index (χ4v) is 3.37. The van der Waals surface area contributed by atoms with E-state index in [1.54, 1.807) is 0 Å². The first-order chi connectivity index (χ1) is 11.8. The molecule has 1 aliphatic rings. The number of para-hydroxylation sites is 1. The Balaban J connectivity index is 1.71. The van der Waals surface area contributed by atoms with Gasteiger partial charge in [-0.25, -0.2) is 0 Å². The molecule has 0 bridgehead atoms. The van der Waals surface area contributed by atoms with Crippen LogP contribution < -0.4 is 4.90 Å². The van der Waals surface area contributed by atoms with Crippen molar-refractivity contribution in [1.82, 2.24) is 4.90 Å². The van der Waals surface area contributed by atoms with E-state index in [2.05, 4.69) is 29.2 Å². The number of benzene rings is 2. The van der Waals surface area contributed by atoms with E-state index < -0.39 is 0 Å². The maximum atomic E-state index is 12.5. The highest BCUT2D eigenvalue weighted by Gasteiger charge is 2.31. The second-order valence-electron chi connectivity index (χ2n) is 6.24. The van der Waals surface area contributed by atoms with E-state index in [0.717, 1.165) is 31.7 Å². The van der Waals surface area contributed by atoms with Crippen LogP contribution >= 0.6 is 0 Å². The molecule has 4 nitrogen and oxygen atoms in total. The molecule has 3 rings (SSSR count). The van der Waals surface area contributed by atoms with Crippen LogP contribution in [0.1, 0.15) is 18.4 Å². The van der Waals surface area contributed by atoms with Gasteiger partial charge < -0.3 is 10.0 Å². The van der Waals surface area contributed by atoms with Crippen molar-refractivity contribution < 1.29 is 9.90 Å². The van der Waals surface area contributed by atoms with Crippen LogP contribution in [-0.4, -0.2) is 41.7 Å². The van der Waals surface area contributed by atoms with Crippen LogP contribution in [0.4, 0.5) is 5.69 Å². The predicted molar refractivity (Wildman–Crippen MR) is 95.8 cm³/mol. The topological polar surface area (TPSA) is 43.8 Å². The Morgan fingerprint density at radius 3 is 2.42 bits per heavy atom. The van der Waals surface area contributed by atoms with E-state index in [9.17, 15) is 4.79 Å². The van der Waals surface area contributed by atoms with Gasteiger partial charge in [-0.1, -0.05) is 48.5 Å². The number of hydrogen-bond acceptors (Lipinski definition) is 3. The second-order valence-corrected chi connectivity index (χ2v) is 6.24. The van der Waals surface area contributed by atoms with Crippen molar-refractivity contribution in [3.05, 3.63) is 66.2 Å². The van der Waals surface area contributed by atoms with Crippen LogP contribution in [0.25, 0.3) is 0 Å². The van der Waals surface area contributed by atoms with E-state index in [0.29, 0.717) is 0 Å². The highest BCUT2D eigenvalue weighted by Crippen LogP contribution is 2.25. The third kappa shape index (κ3) is 4.02. The molecule has 1 heterocycles. The lowest BCUT2D eigenvalue weighted by Gasteiger charge is -2.29. The Kier molecular flexibility index (Phi) is 5.62. The largest absolute Gasteiger partial charge is 0.396 e. The average Bonchev–Trinajstić information content (AvgIpc) is 3.05. The van der Waals surface area contributed by atoms with Gasteiger partial charge >= 0.3 is 0 Å². The van der Waals surface area contributed by atoms with Gasteiger partial charge in [0.15, 0.2) is 0 Å². The average molecular weight is 324 g/mol. The summed E-state index contributed by atoms with van der Waals surface area (Å²) in [7, 11) is 0. The van der Waals surface area contributed by atoms with Crippen molar-refractivity contribution in [2.75, 3.05) is 24.6 Å². The highest BCUT2D eigenvalue weighted by atomic mass is 16.3. The predicted octanol–water partition coefficient (Wildman–Crippen LogP) is 2.68. The molecular weight excluding hydrogens is 300 g/mol. The molecule has 1 amide bonds. The summed E-state index contributed by atoms with van der Waals surface area (Å²) in [5.41, 5.74) is 2.22. The summed E-state index contributed by atoms with van der Waals surface area (Å²) in [6, 6.07) is 20.4. The van der Waals surface area contributed by atoms with Gasteiger partial charge in [-0.05, 0) is 24.1 Å². The summed E-state index contributed by atoms with van der Waals surface area (Å²) in [5, 5.41) is 9.16. The minimum absolute atomic E-state index is 0.00439. The molecule has 126 valence electrons. The van der Waals surface area contributed by atoms with E-state index in [1.165, 1.54) is 5.56 Å². The molecule has 24 heavy (non-hydrogen) atoms. The minimum Gasteiger partial charge on any atom is -0.396 e. The molecule has 2 aromatic rings. The normalized spacial score (nSPS) is 17.8. The van der Waals surface area contributed by atoms with Crippen molar-refractivity contribution in [2.45, 2.75) is 25.4 Å². The maximum absolute atomic E-state index is 12.5. The molecule has 1 N–H and O–H groups in total. The number of hydrogen-bond donors (Lipinski definition) is 1. The molecule has 0 saturated carbocycles. The van der Waals surface area contributed by atoms with Gasteiger partial charge in [0.2, 0.25) is 5.91 Å². The van der Waals surface area contributed by atoms with Gasteiger partial charge in [0, 0.05) is 25.3 Å². The summed E-state index contributed by atoms with van der Waals surface area (Å²) in [5.74, 6) is -0.00439. The molecule has 0 aliphatic carbocycles. The number of amides is 1. The zero-order valence-corrected chi connectivity index (χ0v) is 13.8. The lowest BCUT2D eigenvalue weighted by atomic mass is 10.1. The lowest BCUT2D eigenvalue weighted by molar-refractivity contribution is -0.119.